The van der Waals surface area contributed by atoms with Crippen molar-refractivity contribution in [2.45, 2.75) is 19.4 Å². The zero-order valence-electron chi connectivity index (χ0n) is 12.9. The summed E-state index contributed by atoms with van der Waals surface area (Å²) < 4.78 is 4.80. The molecule has 1 saturated heterocycles. The van der Waals surface area contributed by atoms with Gasteiger partial charge in [0.25, 0.3) is 0 Å². The highest BCUT2D eigenvalue weighted by molar-refractivity contribution is 5.91. The Morgan fingerprint density at radius 3 is 2.62 bits per heavy atom. The van der Waals surface area contributed by atoms with Gasteiger partial charge < -0.3 is 15.4 Å². The summed E-state index contributed by atoms with van der Waals surface area (Å²) in [6, 6.07) is 8.62. The van der Waals surface area contributed by atoms with Crippen molar-refractivity contribution >= 4 is 11.6 Å². The van der Waals surface area contributed by atoms with Crippen LogP contribution in [-0.2, 0) is 16.0 Å². The Kier molecular flexibility index (Phi) is 6.17. The lowest BCUT2D eigenvalue weighted by molar-refractivity contribution is -0.119. The summed E-state index contributed by atoms with van der Waals surface area (Å²) in [6.07, 6.45) is 1.03. The van der Waals surface area contributed by atoms with E-state index in [9.17, 15) is 4.79 Å². The Balaban J connectivity index is 1.85. The van der Waals surface area contributed by atoms with Gasteiger partial charge in [0, 0.05) is 45.0 Å². The normalized spacial score (nSPS) is 17.4. The molecule has 1 unspecified atom stereocenters. The number of benzene rings is 1. The lowest BCUT2D eigenvalue weighted by Gasteiger charge is -2.32. The van der Waals surface area contributed by atoms with Crippen molar-refractivity contribution in [1.29, 1.82) is 0 Å². The van der Waals surface area contributed by atoms with Crippen LogP contribution in [0.1, 0.15) is 12.5 Å². The molecular weight excluding hydrogens is 266 g/mol. The molecule has 1 fully saturated rings. The summed E-state index contributed by atoms with van der Waals surface area (Å²) >= 11 is 0. The smallest absolute Gasteiger partial charge is 0.250 e. The molecule has 2 rings (SSSR count). The predicted molar refractivity (Wildman–Crippen MR) is 84.6 cm³/mol. The first-order valence-corrected chi connectivity index (χ1v) is 7.51. The molecule has 21 heavy (non-hydrogen) atoms. The fourth-order valence-electron chi connectivity index (χ4n) is 2.65. The maximum atomic E-state index is 11.4. The van der Waals surface area contributed by atoms with E-state index in [-0.39, 0.29) is 12.5 Å². The fraction of sp³-hybridized carbons (Fsp3) is 0.562. The highest BCUT2D eigenvalue weighted by atomic mass is 16.5. The number of hydrogen-bond donors (Lipinski definition) is 2. The molecule has 0 saturated carbocycles. The second-order valence-electron chi connectivity index (χ2n) is 5.52. The summed E-state index contributed by atoms with van der Waals surface area (Å²) in [5.41, 5.74) is 2.11. The number of piperazine rings is 1. The number of nitrogens with zero attached hydrogens (tertiary/aromatic N) is 1. The molecule has 5 nitrogen and oxygen atoms in total. The quantitative estimate of drug-likeness (QED) is 0.824. The third-order valence-electron chi connectivity index (χ3n) is 3.82. The summed E-state index contributed by atoms with van der Waals surface area (Å²) in [5, 5.41) is 6.18. The Morgan fingerprint density at radius 1 is 1.33 bits per heavy atom. The van der Waals surface area contributed by atoms with Gasteiger partial charge in [0.05, 0.1) is 0 Å². The zero-order valence-corrected chi connectivity index (χ0v) is 12.9. The number of anilines is 1. The Labute approximate surface area is 126 Å². The molecule has 1 aliphatic rings. The maximum Gasteiger partial charge on any atom is 0.250 e. The number of amides is 1. The van der Waals surface area contributed by atoms with Crippen molar-refractivity contribution in [3.05, 3.63) is 29.8 Å². The number of carbonyl (C=O) groups excluding carboxylic acids is 1. The molecular formula is C16H25N3O2. The minimum absolute atomic E-state index is 0.0851. The number of nitrogens with one attached hydrogen (secondary N) is 2. The fourth-order valence-corrected chi connectivity index (χ4v) is 2.65. The van der Waals surface area contributed by atoms with Gasteiger partial charge in [-0.15, -0.1) is 0 Å². The highest BCUT2D eigenvalue weighted by Gasteiger charge is 2.16. The molecule has 116 valence electrons. The average molecular weight is 291 g/mol. The van der Waals surface area contributed by atoms with Crippen molar-refractivity contribution in [1.82, 2.24) is 10.2 Å². The molecule has 1 heterocycles. The summed E-state index contributed by atoms with van der Waals surface area (Å²) in [4.78, 5) is 14.0. The van der Waals surface area contributed by atoms with Gasteiger partial charge in [-0.3, -0.25) is 9.69 Å². The Hall–Kier alpha value is -1.43. The molecule has 1 aromatic rings. The van der Waals surface area contributed by atoms with Gasteiger partial charge in [0.15, 0.2) is 0 Å². The van der Waals surface area contributed by atoms with Gasteiger partial charge in [-0.2, -0.15) is 0 Å². The first-order valence-electron chi connectivity index (χ1n) is 7.51. The van der Waals surface area contributed by atoms with E-state index in [4.69, 9.17) is 4.74 Å². The van der Waals surface area contributed by atoms with E-state index < -0.39 is 0 Å². The monoisotopic (exact) mass is 291 g/mol. The van der Waals surface area contributed by atoms with Crippen LogP contribution in [0.4, 0.5) is 5.69 Å². The van der Waals surface area contributed by atoms with Crippen LogP contribution in [-0.4, -0.2) is 56.7 Å². The SMILES string of the molecule is COCC(=O)Nc1ccc(CC(C)N2CCNCC2)cc1. The largest absolute Gasteiger partial charge is 0.375 e. The number of carbonyl (C=O) groups is 1. The van der Waals surface area contributed by atoms with Crippen LogP contribution in [0.2, 0.25) is 0 Å². The van der Waals surface area contributed by atoms with E-state index in [0.717, 1.165) is 38.3 Å². The van der Waals surface area contributed by atoms with Crippen LogP contribution in [0.15, 0.2) is 24.3 Å². The van der Waals surface area contributed by atoms with E-state index in [2.05, 4.69) is 34.6 Å². The molecule has 0 spiro atoms. The second-order valence-corrected chi connectivity index (χ2v) is 5.52. The molecule has 0 radical (unpaired) electrons. The van der Waals surface area contributed by atoms with Crippen molar-refractivity contribution in [2.75, 3.05) is 45.2 Å². The molecule has 0 bridgehead atoms. The minimum Gasteiger partial charge on any atom is -0.375 e. The van der Waals surface area contributed by atoms with Crippen LogP contribution in [0.3, 0.4) is 0 Å². The lowest BCUT2D eigenvalue weighted by Crippen LogP contribution is -2.48. The van der Waals surface area contributed by atoms with Gasteiger partial charge in [0.1, 0.15) is 6.61 Å². The molecule has 1 amide bonds. The molecule has 1 atom stereocenters. The second kappa shape index (κ2) is 8.12. The van der Waals surface area contributed by atoms with Crippen LogP contribution >= 0.6 is 0 Å². The highest BCUT2D eigenvalue weighted by Crippen LogP contribution is 2.13. The Bertz CT molecular complexity index is 441. The van der Waals surface area contributed by atoms with E-state index in [1.54, 1.807) is 0 Å². The third-order valence-corrected chi connectivity index (χ3v) is 3.82. The van der Waals surface area contributed by atoms with Gasteiger partial charge in [-0.25, -0.2) is 0 Å². The molecule has 5 heteroatoms. The summed E-state index contributed by atoms with van der Waals surface area (Å²) in [5.74, 6) is -0.126. The topological polar surface area (TPSA) is 53.6 Å². The van der Waals surface area contributed by atoms with Crippen LogP contribution < -0.4 is 10.6 Å². The van der Waals surface area contributed by atoms with Crippen molar-refractivity contribution < 1.29 is 9.53 Å². The first kappa shape index (κ1) is 15.9. The summed E-state index contributed by atoms with van der Waals surface area (Å²) in [7, 11) is 1.51. The maximum absolute atomic E-state index is 11.4. The number of rotatable bonds is 6. The molecule has 2 N–H and O–H groups in total. The average Bonchev–Trinajstić information content (AvgIpc) is 2.50. The van der Waals surface area contributed by atoms with Crippen molar-refractivity contribution in [2.24, 2.45) is 0 Å². The number of ether oxygens (including phenoxy) is 1. The Morgan fingerprint density at radius 2 is 2.00 bits per heavy atom. The van der Waals surface area contributed by atoms with E-state index in [1.807, 2.05) is 12.1 Å². The van der Waals surface area contributed by atoms with Gasteiger partial charge in [-0.1, -0.05) is 12.1 Å². The van der Waals surface area contributed by atoms with E-state index in [0.29, 0.717) is 6.04 Å². The van der Waals surface area contributed by atoms with Crippen LogP contribution in [0, 0.1) is 0 Å². The molecule has 1 aromatic carbocycles. The lowest BCUT2D eigenvalue weighted by atomic mass is 10.0. The summed E-state index contributed by atoms with van der Waals surface area (Å²) in [6.45, 7) is 6.75. The number of methoxy groups -OCH3 is 1. The minimum atomic E-state index is -0.126. The van der Waals surface area contributed by atoms with Gasteiger partial charge in [-0.05, 0) is 31.0 Å². The number of hydrogen-bond acceptors (Lipinski definition) is 4. The molecule has 0 aliphatic carbocycles. The third kappa shape index (κ3) is 5.12. The van der Waals surface area contributed by atoms with E-state index in [1.165, 1.54) is 12.7 Å². The first-order chi connectivity index (χ1) is 10.2. The van der Waals surface area contributed by atoms with Crippen molar-refractivity contribution in [3.63, 3.8) is 0 Å². The molecule has 1 aliphatic heterocycles. The predicted octanol–water partition coefficient (Wildman–Crippen LogP) is 1.11. The van der Waals surface area contributed by atoms with Crippen LogP contribution in [0.25, 0.3) is 0 Å². The zero-order chi connectivity index (χ0) is 15.1. The molecule has 0 aromatic heterocycles. The van der Waals surface area contributed by atoms with Crippen molar-refractivity contribution in [3.8, 4) is 0 Å². The van der Waals surface area contributed by atoms with Gasteiger partial charge >= 0.3 is 0 Å². The van der Waals surface area contributed by atoms with Gasteiger partial charge in [0.2, 0.25) is 5.91 Å². The van der Waals surface area contributed by atoms with E-state index >= 15 is 0 Å². The van der Waals surface area contributed by atoms with Crippen LogP contribution in [0.5, 0.6) is 0 Å². The standard InChI is InChI=1S/C16H25N3O2/c1-13(19-9-7-17-8-10-19)11-14-3-5-15(6-4-14)18-16(20)12-21-2/h3-6,13,17H,7-12H2,1-2H3,(H,18,20).